The monoisotopic (exact) mass is 343 g/mol. The molecule has 3 fully saturated rings. The fourth-order valence-electron chi connectivity index (χ4n) is 4.28. The third-order valence-corrected chi connectivity index (χ3v) is 6.25. The van der Waals surface area contributed by atoms with Crippen LogP contribution < -0.4 is 0 Å². The number of carbonyl (C=O) groups is 2. The molecule has 1 aromatic rings. The highest BCUT2D eigenvalue weighted by molar-refractivity contribution is 5.94. The molecule has 0 spiro atoms. The van der Waals surface area contributed by atoms with E-state index < -0.39 is 5.60 Å². The van der Waals surface area contributed by atoms with Gasteiger partial charge in [-0.05, 0) is 37.8 Å². The zero-order valence-electron chi connectivity index (χ0n) is 14.4. The molecule has 0 radical (unpaired) electrons. The van der Waals surface area contributed by atoms with Gasteiger partial charge in [0, 0.05) is 56.0 Å². The van der Waals surface area contributed by atoms with E-state index in [4.69, 9.17) is 0 Å². The van der Waals surface area contributed by atoms with Crippen LogP contribution in [0.25, 0.3) is 0 Å². The molecule has 0 aromatic carbocycles. The first-order valence-electron chi connectivity index (χ1n) is 9.27. The predicted molar refractivity (Wildman–Crippen MR) is 91.7 cm³/mol. The third-order valence-electron chi connectivity index (χ3n) is 6.25. The highest BCUT2D eigenvalue weighted by Crippen LogP contribution is 2.37. The van der Waals surface area contributed by atoms with Crippen LogP contribution in [0, 0.1) is 11.8 Å². The number of hydrogen-bond acceptors (Lipinski definition) is 4. The Labute approximate surface area is 147 Å². The summed E-state index contributed by atoms with van der Waals surface area (Å²) < 4.78 is 0. The van der Waals surface area contributed by atoms with Crippen molar-refractivity contribution < 1.29 is 14.7 Å². The Hall–Kier alpha value is -1.95. The summed E-state index contributed by atoms with van der Waals surface area (Å²) in [4.78, 5) is 32.9. The molecule has 3 heterocycles. The number of likely N-dealkylation sites (tertiary alicyclic amines) is 2. The van der Waals surface area contributed by atoms with Crippen LogP contribution in [0.5, 0.6) is 0 Å². The summed E-state index contributed by atoms with van der Waals surface area (Å²) in [5, 5.41) is 11.0. The summed E-state index contributed by atoms with van der Waals surface area (Å²) in [6, 6.07) is 3.44. The van der Waals surface area contributed by atoms with Crippen LogP contribution in [0.1, 0.15) is 42.5 Å². The minimum absolute atomic E-state index is 0.0214. The topological polar surface area (TPSA) is 73.7 Å². The Bertz CT molecular complexity index is 661. The lowest BCUT2D eigenvalue weighted by atomic mass is 9.74. The van der Waals surface area contributed by atoms with Gasteiger partial charge in [0.1, 0.15) is 0 Å². The lowest BCUT2D eigenvalue weighted by molar-refractivity contribution is -0.151. The largest absolute Gasteiger partial charge is 0.389 e. The minimum atomic E-state index is -0.745. The van der Waals surface area contributed by atoms with E-state index in [1.165, 1.54) is 0 Å². The van der Waals surface area contributed by atoms with Gasteiger partial charge in [0.15, 0.2) is 0 Å². The quantitative estimate of drug-likeness (QED) is 0.879. The summed E-state index contributed by atoms with van der Waals surface area (Å²) in [6.45, 7) is 2.27. The third kappa shape index (κ3) is 3.03. The van der Waals surface area contributed by atoms with Gasteiger partial charge < -0.3 is 14.9 Å². The molecule has 2 saturated heterocycles. The Morgan fingerprint density at radius 1 is 1.08 bits per heavy atom. The molecule has 1 aliphatic carbocycles. The molecule has 2 amide bonds. The van der Waals surface area contributed by atoms with E-state index >= 15 is 0 Å². The average molecular weight is 343 g/mol. The van der Waals surface area contributed by atoms with Gasteiger partial charge in [-0.25, -0.2) is 0 Å². The van der Waals surface area contributed by atoms with Crippen molar-refractivity contribution in [2.45, 2.75) is 37.7 Å². The normalized spacial score (nSPS) is 29.7. The first-order chi connectivity index (χ1) is 12.1. The van der Waals surface area contributed by atoms with E-state index in [-0.39, 0.29) is 23.7 Å². The summed E-state index contributed by atoms with van der Waals surface area (Å²) in [6.07, 6.45) is 7.58. The van der Waals surface area contributed by atoms with E-state index in [0.717, 1.165) is 19.3 Å². The van der Waals surface area contributed by atoms with Crippen LogP contribution in [-0.2, 0) is 4.79 Å². The molecule has 25 heavy (non-hydrogen) atoms. The van der Waals surface area contributed by atoms with Crippen molar-refractivity contribution in [1.82, 2.24) is 14.8 Å². The standard InChI is InChI=1S/C19H25N3O3/c23-17(14-2-1-3-14)21-10-6-19(25)7-11-22(13-16(19)12-21)18(24)15-4-8-20-9-5-15/h4-5,8-9,14,16,25H,1-3,6-7,10-13H2/t16-,19-/m0/s1. The number of amides is 2. The number of aromatic nitrogens is 1. The highest BCUT2D eigenvalue weighted by atomic mass is 16.3. The summed E-state index contributed by atoms with van der Waals surface area (Å²) in [7, 11) is 0. The smallest absolute Gasteiger partial charge is 0.253 e. The average Bonchev–Trinajstić information content (AvgIpc) is 2.59. The molecule has 134 valence electrons. The van der Waals surface area contributed by atoms with Crippen LogP contribution >= 0.6 is 0 Å². The van der Waals surface area contributed by atoms with E-state index in [2.05, 4.69) is 4.98 Å². The van der Waals surface area contributed by atoms with Crippen molar-refractivity contribution in [3.05, 3.63) is 30.1 Å². The number of piperidine rings is 2. The molecule has 0 bridgehead atoms. The lowest BCUT2D eigenvalue weighted by Crippen LogP contribution is -2.62. The number of pyridine rings is 1. The first-order valence-corrected chi connectivity index (χ1v) is 9.27. The van der Waals surface area contributed by atoms with Crippen LogP contribution in [0.4, 0.5) is 0 Å². The van der Waals surface area contributed by atoms with Gasteiger partial charge in [-0.2, -0.15) is 0 Å². The Morgan fingerprint density at radius 3 is 2.36 bits per heavy atom. The molecule has 6 heteroatoms. The zero-order valence-corrected chi connectivity index (χ0v) is 14.4. The van der Waals surface area contributed by atoms with Crippen molar-refractivity contribution in [2.75, 3.05) is 26.2 Å². The van der Waals surface area contributed by atoms with Crippen LogP contribution in [0.2, 0.25) is 0 Å². The first kappa shape index (κ1) is 16.5. The molecule has 3 aliphatic rings. The Kier molecular flexibility index (Phi) is 4.23. The van der Waals surface area contributed by atoms with Gasteiger partial charge in [0.2, 0.25) is 5.91 Å². The molecule has 1 saturated carbocycles. The second-order valence-electron chi connectivity index (χ2n) is 7.70. The van der Waals surface area contributed by atoms with Crippen LogP contribution in [0.3, 0.4) is 0 Å². The number of rotatable bonds is 2. The summed E-state index contributed by atoms with van der Waals surface area (Å²) in [5.41, 5.74) is -0.121. The lowest BCUT2D eigenvalue weighted by Gasteiger charge is -2.50. The predicted octanol–water partition coefficient (Wildman–Crippen LogP) is 1.31. The second kappa shape index (κ2) is 6.41. The van der Waals surface area contributed by atoms with Crippen molar-refractivity contribution in [3.8, 4) is 0 Å². The zero-order chi connectivity index (χ0) is 17.4. The molecule has 0 unspecified atom stereocenters. The van der Waals surface area contributed by atoms with Gasteiger partial charge in [-0.3, -0.25) is 14.6 Å². The van der Waals surface area contributed by atoms with Gasteiger partial charge >= 0.3 is 0 Å². The van der Waals surface area contributed by atoms with E-state index in [0.29, 0.717) is 44.6 Å². The maximum atomic E-state index is 12.7. The number of nitrogens with zero attached hydrogens (tertiary/aromatic N) is 3. The van der Waals surface area contributed by atoms with Crippen molar-refractivity contribution >= 4 is 11.8 Å². The van der Waals surface area contributed by atoms with Crippen molar-refractivity contribution in [3.63, 3.8) is 0 Å². The number of hydrogen-bond donors (Lipinski definition) is 1. The fraction of sp³-hybridized carbons (Fsp3) is 0.632. The summed E-state index contributed by atoms with van der Waals surface area (Å²) >= 11 is 0. The Balaban J connectivity index is 1.45. The maximum Gasteiger partial charge on any atom is 0.253 e. The minimum Gasteiger partial charge on any atom is -0.389 e. The summed E-state index contributed by atoms with van der Waals surface area (Å²) in [5.74, 6) is 0.340. The van der Waals surface area contributed by atoms with Gasteiger partial charge in [0.05, 0.1) is 5.60 Å². The van der Waals surface area contributed by atoms with Crippen LogP contribution in [0.15, 0.2) is 24.5 Å². The molecule has 2 atom stereocenters. The molecule has 6 nitrogen and oxygen atoms in total. The van der Waals surface area contributed by atoms with Crippen molar-refractivity contribution in [1.29, 1.82) is 0 Å². The maximum absolute atomic E-state index is 12.7. The molecule has 4 rings (SSSR count). The molecule has 1 N–H and O–H groups in total. The van der Waals surface area contributed by atoms with E-state index in [9.17, 15) is 14.7 Å². The highest BCUT2D eigenvalue weighted by Gasteiger charge is 2.47. The number of aliphatic hydroxyl groups is 1. The van der Waals surface area contributed by atoms with Crippen LogP contribution in [-0.4, -0.2) is 63.5 Å². The molecular formula is C19H25N3O3. The van der Waals surface area contributed by atoms with E-state index in [1.807, 2.05) is 9.80 Å². The molecule has 2 aliphatic heterocycles. The fourth-order valence-corrected chi connectivity index (χ4v) is 4.28. The molecular weight excluding hydrogens is 318 g/mol. The number of carbonyl (C=O) groups excluding carboxylic acids is 2. The second-order valence-corrected chi connectivity index (χ2v) is 7.70. The SMILES string of the molecule is O=C(c1ccncc1)N1CC[C@@]2(O)CCN(C(=O)C3CCC3)C[C@H]2C1. The number of fused-ring (bicyclic) bond motifs is 1. The Morgan fingerprint density at radius 2 is 1.72 bits per heavy atom. The van der Waals surface area contributed by atoms with Gasteiger partial charge in [0.25, 0.3) is 5.91 Å². The van der Waals surface area contributed by atoms with Gasteiger partial charge in [-0.1, -0.05) is 6.42 Å². The van der Waals surface area contributed by atoms with Gasteiger partial charge in [-0.15, -0.1) is 0 Å². The van der Waals surface area contributed by atoms with E-state index in [1.54, 1.807) is 24.5 Å². The van der Waals surface area contributed by atoms with Crippen molar-refractivity contribution in [2.24, 2.45) is 11.8 Å². The molecule has 1 aromatic heterocycles.